The Morgan fingerprint density at radius 2 is 2.00 bits per heavy atom. The molecule has 1 fully saturated rings. The number of nitrogens with two attached hydrogens (primary N) is 1. The van der Waals surface area contributed by atoms with Crippen LogP contribution in [0.2, 0.25) is 0 Å². The molecule has 17 heavy (non-hydrogen) atoms. The Balaban J connectivity index is 2.41. The second-order valence-corrected chi connectivity index (χ2v) is 6.64. The van der Waals surface area contributed by atoms with Crippen molar-refractivity contribution in [2.75, 3.05) is 19.6 Å². The zero-order chi connectivity index (χ0) is 12.9. The Bertz CT molecular complexity index is 211. The first kappa shape index (κ1) is 15.0. The lowest BCUT2D eigenvalue weighted by atomic mass is 9.85. The van der Waals surface area contributed by atoms with Gasteiger partial charge in [-0.1, -0.05) is 33.6 Å². The highest BCUT2D eigenvalue weighted by Gasteiger charge is 2.27. The van der Waals surface area contributed by atoms with E-state index in [1.165, 1.54) is 45.2 Å². The van der Waals surface area contributed by atoms with E-state index in [1.807, 2.05) is 0 Å². The van der Waals surface area contributed by atoms with Gasteiger partial charge < -0.3 is 10.6 Å². The average Bonchev–Trinajstić information content (AvgIpc) is 2.44. The normalized spacial score (nSPS) is 25.6. The van der Waals surface area contributed by atoms with Crippen LogP contribution in [0.4, 0.5) is 0 Å². The topological polar surface area (TPSA) is 29.3 Å². The van der Waals surface area contributed by atoms with Crippen molar-refractivity contribution in [2.45, 2.75) is 65.8 Å². The highest BCUT2D eigenvalue weighted by atomic mass is 15.1. The van der Waals surface area contributed by atoms with Crippen molar-refractivity contribution in [3.8, 4) is 0 Å². The Morgan fingerprint density at radius 3 is 2.59 bits per heavy atom. The molecular weight excluding hydrogens is 208 g/mol. The molecule has 2 unspecified atom stereocenters. The molecule has 1 rings (SSSR count). The largest absolute Gasteiger partial charge is 0.327 e. The van der Waals surface area contributed by atoms with Gasteiger partial charge >= 0.3 is 0 Å². The van der Waals surface area contributed by atoms with Gasteiger partial charge in [-0.2, -0.15) is 0 Å². The van der Waals surface area contributed by atoms with Crippen molar-refractivity contribution in [3.63, 3.8) is 0 Å². The van der Waals surface area contributed by atoms with Crippen molar-refractivity contribution < 1.29 is 0 Å². The summed E-state index contributed by atoms with van der Waals surface area (Å²) < 4.78 is 0. The van der Waals surface area contributed by atoms with Gasteiger partial charge in [0.1, 0.15) is 0 Å². The first-order valence-corrected chi connectivity index (χ1v) is 7.43. The average molecular weight is 240 g/mol. The second kappa shape index (κ2) is 6.75. The van der Waals surface area contributed by atoms with Crippen molar-refractivity contribution in [3.05, 3.63) is 0 Å². The van der Waals surface area contributed by atoms with Crippen LogP contribution in [0.25, 0.3) is 0 Å². The highest BCUT2D eigenvalue weighted by molar-refractivity contribution is 4.82. The molecule has 0 aromatic rings. The van der Waals surface area contributed by atoms with E-state index in [9.17, 15) is 0 Å². The zero-order valence-electron chi connectivity index (χ0n) is 12.3. The summed E-state index contributed by atoms with van der Waals surface area (Å²) in [5, 5.41) is 0. The molecule has 2 nitrogen and oxygen atoms in total. The molecule has 2 N–H and O–H groups in total. The Kier molecular flexibility index (Phi) is 5.94. The maximum Gasteiger partial charge on any atom is 0.00739 e. The van der Waals surface area contributed by atoms with E-state index >= 15 is 0 Å². The Labute approximate surface area is 108 Å². The quantitative estimate of drug-likeness (QED) is 0.799. The molecule has 0 saturated carbocycles. The van der Waals surface area contributed by atoms with Gasteiger partial charge in [0.05, 0.1) is 0 Å². The van der Waals surface area contributed by atoms with E-state index in [2.05, 4.69) is 32.6 Å². The molecule has 1 aliphatic heterocycles. The van der Waals surface area contributed by atoms with Gasteiger partial charge in [0.25, 0.3) is 0 Å². The van der Waals surface area contributed by atoms with Crippen molar-refractivity contribution in [1.29, 1.82) is 0 Å². The van der Waals surface area contributed by atoms with Gasteiger partial charge in [0, 0.05) is 12.6 Å². The van der Waals surface area contributed by atoms with Crippen LogP contribution in [-0.2, 0) is 0 Å². The van der Waals surface area contributed by atoms with Crippen molar-refractivity contribution >= 4 is 0 Å². The minimum Gasteiger partial charge on any atom is -0.327 e. The maximum atomic E-state index is 6.07. The lowest BCUT2D eigenvalue weighted by Crippen LogP contribution is -2.44. The molecular formula is C15H32N2. The Hall–Kier alpha value is -0.0800. The summed E-state index contributed by atoms with van der Waals surface area (Å²) in [4.78, 5) is 2.64. The van der Waals surface area contributed by atoms with Crippen molar-refractivity contribution in [1.82, 2.24) is 4.90 Å². The minimum atomic E-state index is 0.241. The molecule has 0 bridgehead atoms. The van der Waals surface area contributed by atoms with Crippen LogP contribution in [-0.4, -0.2) is 30.6 Å². The highest BCUT2D eigenvalue weighted by Crippen LogP contribution is 2.26. The van der Waals surface area contributed by atoms with E-state index in [0.29, 0.717) is 0 Å². The van der Waals surface area contributed by atoms with Crippen molar-refractivity contribution in [2.24, 2.45) is 17.1 Å². The summed E-state index contributed by atoms with van der Waals surface area (Å²) in [6, 6.07) is 0.275. The number of rotatable bonds is 5. The van der Waals surface area contributed by atoms with Gasteiger partial charge in [0.2, 0.25) is 0 Å². The van der Waals surface area contributed by atoms with Gasteiger partial charge in [-0.25, -0.2) is 0 Å². The first-order chi connectivity index (χ1) is 7.95. The van der Waals surface area contributed by atoms with Crippen LogP contribution in [0.1, 0.15) is 59.8 Å². The predicted octanol–water partition coefficient (Wildman–Crippen LogP) is 3.26. The maximum absolute atomic E-state index is 6.07. The van der Waals surface area contributed by atoms with Gasteiger partial charge in [-0.15, -0.1) is 0 Å². The molecule has 2 heteroatoms. The van der Waals surface area contributed by atoms with Crippen LogP contribution in [0.5, 0.6) is 0 Å². The van der Waals surface area contributed by atoms with E-state index < -0.39 is 0 Å². The fourth-order valence-electron chi connectivity index (χ4n) is 2.80. The summed E-state index contributed by atoms with van der Waals surface area (Å²) in [6.07, 6.45) is 6.96. The molecule has 0 amide bonds. The summed E-state index contributed by atoms with van der Waals surface area (Å²) in [5.41, 5.74) is 6.32. The minimum absolute atomic E-state index is 0.241. The molecule has 102 valence electrons. The number of hydrogen-bond acceptors (Lipinski definition) is 2. The van der Waals surface area contributed by atoms with Crippen LogP contribution in [0.15, 0.2) is 0 Å². The summed E-state index contributed by atoms with van der Waals surface area (Å²) in [6.45, 7) is 12.7. The predicted molar refractivity (Wildman–Crippen MR) is 76.1 cm³/mol. The summed E-state index contributed by atoms with van der Waals surface area (Å²) >= 11 is 0. The molecule has 0 aromatic carbocycles. The third kappa shape index (κ3) is 4.97. The number of likely N-dealkylation sites (tertiary alicyclic amines) is 1. The number of hydrogen-bond donors (Lipinski definition) is 1. The fourth-order valence-corrected chi connectivity index (χ4v) is 2.80. The van der Waals surface area contributed by atoms with E-state index in [-0.39, 0.29) is 11.5 Å². The smallest absolute Gasteiger partial charge is 0.00739 e. The molecule has 0 spiro atoms. The molecule has 1 heterocycles. The van der Waals surface area contributed by atoms with E-state index in [1.54, 1.807) is 0 Å². The lowest BCUT2D eigenvalue weighted by molar-refractivity contribution is 0.160. The van der Waals surface area contributed by atoms with Gasteiger partial charge in [-0.3, -0.25) is 0 Å². The molecule has 0 aromatic heterocycles. The third-order valence-electron chi connectivity index (χ3n) is 4.50. The van der Waals surface area contributed by atoms with E-state index in [0.717, 1.165) is 12.5 Å². The van der Waals surface area contributed by atoms with Gasteiger partial charge in [-0.05, 0) is 50.6 Å². The van der Waals surface area contributed by atoms with Gasteiger partial charge in [0.15, 0.2) is 0 Å². The van der Waals surface area contributed by atoms with E-state index in [4.69, 9.17) is 5.73 Å². The SMILES string of the molecule is CCCC1CCCN(CC(C)(C)C(C)N)CC1. The Morgan fingerprint density at radius 1 is 1.29 bits per heavy atom. The summed E-state index contributed by atoms with van der Waals surface area (Å²) in [7, 11) is 0. The third-order valence-corrected chi connectivity index (χ3v) is 4.50. The zero-order valence-corrected chi connectivity index (χ0v) is 12.3. The number of nitrogens with zero attached hydrogens (tertiary/aromatic N) is 1. The summed E-state index contributed by atoms with van der Waals surface area (Å²) in [5.74, 6) is 0.975. The lowest BCUT2D eigenvalue weighted by Gasteiger charge is -2.35. The van der Waals surface area contributed by atoms with Crippen LogP contribution >= 0.6 is 0 Å². The van der Waals surface area contributed by atoms with Crippen LogP contribution in [0.3, 0.4) is 0 Å². The molecule has 1 saturated heterocycles. The van der Waals surface area contributed by atoms with Crippen LogP contribution < -0.4 is 5.73 Å². The molecule has 1 aliphatic rings. The first-order valence-electron chi connectivity index (χ1n) is 7.43. The monoisotopic (exact) mass is 240 g/mol. The molecule has 0 aliphatic carbocycles. The van der Waals surface area contributed by atoms with Crippen LogP contribution in [0, 0.1) is 11.3 Å². The molecule has 0 radical (unpaired) electrons. The fraction of sp³-hybridized carbons (Fsp3) is 1.00. The molecule has 2 atom stereocenters. The second-order valence-electron chi connectivity index (χ2n) is 6.64. The standard InChI is InChI=1S/C15H32N2/c1-5-7-14-8-6-10-17(11-9-14)12-15(3,4)13(2)16/h13-14H,5-12,16H2,1-4H3.